The number of benzene rings is 1. The van der Waals surface area contributed by atoms with Crippen molar-refractivity contribution in [3.05, 3.63) is 47.0 Å². The molecule has 0 unspecified atom stereocenters. The quantitative estimate of drug-likeness (QED) is 0.349. The Morgan fingerprint density at radius 1 is 1.37 bits per heavy atom. The van der Waals surface area contributed by atoms with Crippen LogP contribution in [0.15, 0.2) is 35.9 Å². The number of ether oxygens (including phenoxy) is 3. The normalized spacial score (nSPS) is 23.5. The maximum atomic E-state index is 12.1. The number of alkyl halides is 1. The van der Waals surface area contributed by atoms with Gasteiger partial charge in [-0.15, -0.1) is 11.6 Å². The fourth-order valence-corrected chi connectivity index (χ4v) is 3.40. The van der Waals surface area contributed by atoms with Crippen LogP contribution in [0.1, 0.15) is 51.7 Å². The van der Waals surface area contributed by atoms with Gasteiger partial charge in [-0.05, 0) is 25.7 Å². The van der Waals surface area contributed by atoms with Crippen molar-refractivity contribution in [2.45, 2.75) is 59.4 Å². The number of allylic oxidation sites excluding steroid dienone is 1. The lowest BCUT2D eigenvalue weighted by molar-refractivity contribution is -0.168. The summed E-state index contributed by atoms with van der Waals surface area (Å²) in [6, 6.07) is 7.89. The van der Waals surface area contributed by atoms with Crippen molar-refractivity contribution in [3.63, 3.8) is 0 Å². The third-order valence-electron chi connectivity index (χ3n) is 5.02. The number of hydrogen-bond donors (Lipinski definition) is 0. The molecule has 0 saturated carbocycles. The van der Waals surface area contributed by atoms with E-state index in [4.69, 9.17) is 25.8 Å². The summed E-state index contributed by atoms with van der Waals surface area (Å²) in [6.07, 6.45) is 3.15. The molecule has 1 aliphatic rings. The van der Waals surface area contributed by atoms with Gasteiger partial charge in [0.15, 0.2) is 0 Å². The first-order valence-corrected chi connectivity index (χ1v) is 10.0. The molecule has 1 aromatic rings. The van der Waals surface area contributed by atoms with Gasteiger partial charge in [0.1, 0.15) is 12.7 Å². The number of hydrogen-bond acceptors (Lipinski definition) is 4. The van der Waals surface area contributed by atoms with Gasteiger partial charge in [-0.3, -0.25) is 0 Å². The van der Waals surface area contributed by atoms with Crippen LogP contribution < -0.4 is 0 Å². The van der Waals surface area contributed by atoms with E-state index in [2.05, 4.69) is 20.8 Å². The minimum Gasteiger partial charge on any atom is -0.460 e. The third-order valence-corrected chi connectivity index (χ3v) is 5.37. The fourth-order valence-electron chi connectivity index (χ4n) is 3.10. The first kappa shape index (κ1) is 21.9. The van der Waals surface area contributed by atoms with E-state index in [1.165, 1.54) is 0 Å². The Bertz CT molecular complexity index is 665. The molecule has 1 saturated heterocycles. The molecule has 27 heavy (non-hydrogen) atoms. The monoisotopic (exact) mass is 394 g/mol. The van der Waals surface area contributed by atoms with Crippen molar-refractivity contribution in [1.29, 1.82) is 0 Å². The van der Waals surface area contributed by atoms with E-state index in [0.29, 0.717) is 6.61 Å². The van der Waals surface area contributed by atoms with Crippen molar-refractivity contribution in [2.75, 3.05) is 19.1 Å². The topological polar surface area (TPSA) is 44.8 Å². The Labute approximate surface area is 167 Å². The van der Waals surface area contributed by atoms with Gasteiger partial charge < -0.3 is 14.2 Å². The molecular formula is C22H31ClO4. The number of carbonyl (C=O) groups is 1. The van der Waals surface area contributed by atoms with Gasteiger partial charge in [-0.2, -0.15) is 0 Å². The van der Waals surface area contributed by atoms with Gasteiger partial charge in [0.25, 0.3) is 0 Å². The highest BCUT2D eigenvalue weighted by Crippen LogP contribution is 2.35. The molecule has 5 heteroatoms. The molecule has 0 bridgehead atoms. The molecule has 0 aromatic heterocycles. The molecule has 150 valence electrons. The third kappa shape index (κ3) is 6.06. The van der Waals surface area contributed by atoms with Crippen LogP contribution in [0, 0.1) is 12.3 Å². The molecular weight excluding hydrogens is 364 g/mol. The zero-order chi connectivity index (χ0) is 20.1. The molecule has 4 nitrogen and oxygen atoms in total. The predicted octanol–water partition coefficient (Wildman–Crippen LogP) is 5.12. The maximum Gasteiger partial charge on any atom is 0.330 e. The molecule has 1 fully saturated rings. The molecule has 2 rings (SSSR count). The second kappa shape index (κ2) is 9.22. The molecule has 1 aliphatic heterocycles. The van der Waals surface area contributed by atoms with Crippen LogP contribution in [-0.2, 0) is 24.8 Å². The Balaban J connectivity index is 1.90. The van der Waals surface area contributed by atoms with Crippen molar-refractivity contribution in [3.8, 4) is 0 Å². The van der Waals surface area contributed by atoms with E-state index < -0.39 is 5.79 Å². The lowest BCUT2D eigenvalue weighted by atomic mass is 9.83. The zero-order valence-electron chi connectivity index (χ0n) is 17.0. The number of carbonyl (C=O) groups excluding carboxylic acids is 1. The van der Waals surface area contributed by atoms with Crippen LogP contribution >= 0.6 is 11.6 Å². The fraction of sp³-hybridized carbons (Fsp3) is 0.591. The Hall–Kier alpha value is -1.36. The minimum absolute atomic E-state index is 0.143. The highest BCUT2D eigenvalue weighted by Gasteiger charge is 2.43. The SMILES string of the molecule is CCC(C)(C)C/C(C)=C/C(=O)OC[C@@H]1CO[C@](CCl)(c2ccc(C)cc2)O1. The molecule has 0 spiro atoms. The van der Waals surface area contributed by atoms with E-state index in [9.17, 15) is 4.79 Å². The van der Waals surface area contributed by atoms with Gasteiger partial charge >= 0.3 is 5.97 Å². The summed E-state index contributed by atoms with van der Waals surface area (Å²) in [5, 5.41) is 0. The van der Waals surface area contributed by atoms with E-state index in [-0.39, 0.29) is 30.0 Å². The average molecular weight is 395 g/mol. The van der Waals surface area contributed by atoms with Crippen LogP contribution in [0.3, 0.4) is 0 Å². The van der Waals surface area contributed by atoms with Crippen LogP contribution in [0.5, 0.6) is 0 Å². The van der Waals surface area contributed by atoms with Crippen LogP contribution in [0.2, 0.25) is 0 Å². The zero-order valence-corrected chi connectivity index (χ0v) is 17.8. The van der Waals surface area contributed by atoms with Gasteiger partial charge in [-0.1, -0.05) is 62.6 Å². The van der Waals surface area contributed by atoms with Crippen LogP contribution in [-0.4, -0.2) is 31.2 Å². The number of esters is 1. The second-order valence-electron chi connectivity index (χ2n) is 8.12. The van der Waals surface area contributed by atoms with Gasteiger partial charge in [0, 0.05) is 11.6 Å². The van der Waals surface area contributed by atoms with Gasteiger partial charge in [-0.25, -0.2) is 4.79 Å². The Morgan fingerprint density at radius 2 is 2.04 bits per heavy atom. The average Bonchev–Trinajstić information content (AvgIpc) is 3.05. The number of rotatable bonds is 8. The van der Waals surface area contributed by atoms with E-state index in [1.807, 2.05) is 38.1 Å². The molecule has 0 N–H and O–H groups in total. The Morgan fingerprint density at radius 3 is 2.63 bits per heavy atom. The molecule has 0 radical (unpaired) electrons. The van der Waals surface area contributed by atoms with Crippen LogP contribution in [0.25, 0.3) is 0 Å². The summed E-state index contributed by atoms with van der Waals surface area (Å²) >= 11 is 6.14. The van der Waals surface area contributed by atoms with Crippen molar-refractivity contribution < 1.29 is 19.0 Å². The molecule has 1 aromatic carbocycles. The maximum absolute atomic E-state index is 12.1. The van der Waals surface area contributed by atoms with Gasteiger partial charge in [0.05, 0.1) is 12.5 Å². The second-order valence-corrected chi connectivity index (χ2v) is 8.39. The van der Waals surface area contributed by atoms with Gasteiger partial charge in [0.2, 0.25) is 5.79 Å². The lowest BCUT2D eigenvalue weighted by Gasteiger charge is -2.26. The number of halogens is 1. The number of aryl methyl sites for hydroxylation is 1. The van der Waals surface area contributed by atoms with Crippen molar-refractivity contribution >= 4 is 17.6 Å². The summed E-state index contributed by atoms with van der Waals surface area (Å²) in [7, 11) is 0. The Kier molecular flexibility index (Phi) is 7.49. The minimum atomic E-state index is -0.983. The van der Waals surface area contributed by atoms with Crippen LogP contribution in [0.4, 0.5) is 0 Å². The highest BCUT2D eigenvalue weighted by atomic mass is 35.5. The largest absolute Gasteiger partial charge is 0.460 e. The summed E-state index contributed by atoms with van der Waals surface area (Å²) in [6.45, 7) is 11.0. The smallest absolute Gasteiger partial charge is 0.330 e. The van der Waals surface area contributed by atoms with E-state index in [0.717, 1.165) is 29.5 Å². The molecule has 0 aliphatic carbocycles. The summed E-state index contributed by atoms with van der Waals surface area (Å²) in [4.78, 5) is 12.1. The summed E-state index contributed by atoms with van der Waals surface area (Å²) in [5.41, 5.74) is 3.22. The van der Waals surface area contributed by atoms with E-state index >= 15 is 0 Å². The molecule has 2 atom stereocenters. The highest BCUT2D eigenvalue weighted by molar-refractivity contribution is 6.18. The summed E-state index contributed by atoms with van der Waals surface area (Å²) in [5.74, 6) is -1.16. The lowest BCUT2D eigenvalue weighted by Crippen LogP contribution is -2.31. The first-order chi connectivity index (χ1) is 12.7. The summed E-state index contributed by atoms with van der Waals surface area (Å²) < 4.78 is 17.3. The van der Waals surface area contributed by atoms with Crippen molar-refractivity contribution in [1.82, 2.24) is 0 Å². The molecule has 0 amide bonds. The predicted molar refractivity (Wildman–Crippen MR) is 108 cm³/mol. The first-order valence-electron chi connectivity index (χ1n) is 9.48. The van der Waals surface area contributed by atoms with Crippen molar-refractivity contribution in [2.24, 2.45) is 5.41 Å². The van der Waals surface area contributed by atoms with E-state index in [1.54, 1.807) is 6.08 Å². The standard InChI is InChI=1S/C22H31ClO4/c1-6-21(4,5)12-17(3)11-20(24)25-13-19-14-26-22(15-23,27-19)18-9-7-16(2)8-10-18/h7-11,19H,6,12-15H2,1-5H3/b17-11+/t19-,22+/m1/s1. The molecule has 1 heterocycles.